The molecule has 11 heteroatoms. The van der Waals surface area contributed by atoms with E-state index < -0.39 is 21.9 Å². The van der Waals surface area contributed by atoms with Gasteiger partial charge in [-0.1, -0.05) is 0 Å². The molecule has 2 aromatic rings. The first-order chi connectivity index (χ1) is 13.2. The van der Waals surface area contributed by atoms with Crippen molar-refractivity contribution in [1.82, 2.24) is 14.3 Å². The topological polar surface area (TPSA) is 84.4 Å². The van der Waals surface area contributed by atoms with Crippen molar-refractivity contribution in [2.75, 3.05) is 25.5 Å². The second-order valence-electron chi connectivity index (χ2n) is 6.28. The van der Waals surface area contributed by atoms with E-state index in [4.69, 9.17) is 4.74 Å². The molecule has 0 aliphatic carbocycles. The number of halogens is 3. The van der Waals surface area contributed by atoms with Crippen LogP contribution in [0.2, 0.25) is 0 Å². The molecular formula is C17H19F3N4O3S. The summed E-state index contributed by atoms with van der Waals surface area (Å²) in [5.41, 5.74) is -1.02. The molecule has 1 aromatic carbocycles. The van der Waals surface area contributed by atoms with Gasteiger partial charge in [0, 0.05) is 25.2 Å². The number of hydrogen-bond donors (Lipinski definition) is 1. The average Bonchev–Trinajstić information content (AvgIpc) is 2.68. The fraction of sp³-hybridized carbons (Fsp3) is 0.412. The van der Waals surface area contributed by atoms with Crippen molar-refractivity contribution in [3.05, 3.63) is 42.4 Å². The van der Waals surface area contributed by atoms with Crippen LogP contribution in [0.5, 0.6) is 5.75 Å². The summed E-state index contributed by atoms with van der Waals surface area (Å²) >= 11 is 0. The highest BCUT2D eigenvalue weighted by Gasteiger charge is 2.33. The highest BCUT2D eigenvalue weighted by atomic mass is 32.2. The van der Waals surface area contributed by atoms with Crippen LogP contribution in [0.15, 0.2) is 41.6 Å². The van der Waals surface area contributed by atoms with E-state index in [1.54, 1.807) is 12.1 Å². The van der Waals surface area contributed by atoms with Crippen LogP contribution >= 0.6 is 0 Å². The van der Waals surface area contributed by atoms with Gasteiger partial charge in [0.1, 0.15) is 23.6 Å². The number of sulfonamides is 1. The third-order valence-electron chi connectivity index (χ3n) is 4.46. The molecule has 1 saturated heterocycles. The van der Waals surface area contributed by atoms with Crippen LogP contribution < -0.4 is 10.1 Å². The van der Waals surface area contributed by atoms with Crippen molar-refractivity contribution in [2.45, 2.75) is 30.0 Å². The van der Waals surface area contributed by atoms with Gasteiger partial charge < -0.3 is 10.1 Å². The average molecular weight is 416 g/mol. The Morgan fingerprint density at radius 2 is 1.79 bits per heavy atom. The number of nitrogens with one attached hydrogen (secondary N) is 1. The Morgan fingerprint density at radius 1 is 1.14 bits per heavy atom. The van der Waals surface area contributed by atoms with E-state index in [-0.39, 0.29) is 29.8 Å². The van der Waals surface area contributed by atoms with E-state index in [9.17, 15) is 21.6 Å². The fourth-order valence-electron chi connectivity index (χ4n) is 2.94. The molecule has 3 rings (SSSR count). The van der Waals surface area contributed by atoms with Crippen LogP contribution in [0, 0.1) is 0 Å². The first-order valence-electron chi connectivity index (χ1n) is 8.50. The molecule has 0 amide bonds. The number of piperidine rings is 1. The van der Waals surface area contributed by atoms with Gasteiger partial charge in [-0.05, 0) is 37.1 Å². The molecule has 152 valence electrons. The number of ether oxygens (including phenoxy) is 1. The van der Waals surface area contributed by atoms with E-state index >= 15 is 0 Å². The highest BCUT2D eigenvalue weighted by Crippen LogP contribution is 2.29. The number of hydrogen-bond acceptors (Lipinski definition) is 6. The van der Waals surface area contributed by atoms with Crippen molar-refractivity contribution < 1.29 is 26.3 Å². The lowest BCUT2D eigenvalue weighted by Gasteiger charge is -2.32. The SMILES string of the molecule is COc1ccc(S(=O)(=O)N2CCC(Nc3cc(C(F)(F)F)ncn3)CC2)cc1. The lowest BCUT2D eigenvalue weighted by atomic mass is 10.1. The number of anilines is 1. The first kappa shape index (κ1) is 20.3. The van der Waals surface area contributed by atoms with Crippen molar-refractivity contribution >= 4 is 15.8 Å². The molecule has 0 unspecified atom stereocenters. The molecule has 1 aromatic heterocycles. The van der Waals surface area contributed by atoms with Crippen LogP contribution in [-0.4, -0.2) is 48.9 Å². The summed E-state index contributed by atoms with van der Waals surface area (Å²) in [5.74, 6) is 0.628. The Kier molecular flexibility index (Phi) is 5.75. The minimum Gasteiger partial charge on any atom is -0.497 e. The quantitative estimate of drug-likeness (QED) is 0.807. The summed E-state index contributed by atoms with van der Waals surface area (Å²) in [7, 11) is -2.14. The van der Waals surface area contributed by atoms with Gasteiger partial charge in [-0.3, -0.25) is 0 Å². The molecule has 0 spiro atoms. The maximum Gasteiger partial charge on any atom is 0.433 e. The summed E-state index contributed by atoms with van der Waals surface area (Å²) < 4.78 is 70.1. The third-order valence-corrected chi connectivity index (χ3v) is 6.37. The predicted octanol–water partition coefficient (Wildman–Crippen LogP) is 2.77. The van der Waals surface area contributed by atoms with Crippen LogP contribution in [0.25, 0.3) is 0 Å². The van der Waals surface area contributed by atoms with Gasteiger partial charge in [0.05, 0.1) is 12.0 Å². The smallest absolute Gasteiger partial charge is 0.433 e. The summed E-state index contributed by atoms with van der Waals surface area (Å²) in [6.07, 6.45) is -2.80. The largest absolute Gasteiger partial charge is 0.497 e. The Morgan fingerprint density at radius 3 is 2.36 bits per heavy atom. The standard InChI is InChI=1S/C17H19F3N4O3S/c1-27-13-2-4-14(5-3-13)28(25,26)24-8-6-12(7-9-24)23-16-10-15(17(18,19)20)21-11-22-16/h2-5,10-12H,6-9H2,1H3,(H,21,22,23). The zero-order valence-corrected chi connectivity index (χ0v) is 15.8. The van der Waals surface area contributed by atoms with Crippen molar-refractivity contribution in [3.63, 3.8) is 0 Å². The molecule has 0 saturated carbocycles. The highest BCUT2D eigenvalue weighted by molar-refractivity contribution is 7.89. The van der Waals surface area contributed by atoms with E-state index in [0.29, 0.717) is 18.6 Å². The summed E-state index contributed by atoms with van der Waals surface area (Å²) in [5, 5.41) is 2.93. The summed E-state index contributed by atoms with van der Waals surface area (Å²) in [6.45, 7) is 0.506. The second kappa shape index (κ2) is 7.92. The molecule has 1 N–H and O–H groups in total. The molecule has 0 atom stereocenters. The van der Waals surface area contributed by atoms with Crippen molar-refractivity contribution in [1.29, 1.82) is 0 Å². The number of nitrogens with zero attached hydrogens (tertiary/aromatic N) is 3. The van der Waals surface area contributed by atoms with Gasteiger partial charge in [-0.15, -0.1) is 0 Å². The van der Waals surface area contributed by atoms with Crippen LogP contribution in [-0.2, 0) is 16.2 Å². The zero-order chi connectivity index (χ0) is 20.4. The predicted molar refractivity (Wildman–Crippen MR) is 95.4 cm³/mol. The Balaban J connectivity index is 1.62. The monoisotopic (exact) mass is 416 g/mol. The normalized spacial score (nSPS) is 16.7. The molecule has 1 aliphatic rings. The molecule has 7 nitrogen and oxygen atoms in total. The fourth-order valence-corrected chi connectivity index (χ4v) is 4.41. The molecule has 28 heavy (non-hydrogen) atoms. The van der Waals surface area contributed by atoms with Gasteiger partial charge in [0.15, 0.2) is 0 Å². The van der Waals surface area contributed by atoms with E-state index in [2.05, 4.69) is 15.3 Å². The minimum absolute atomic E-state index is 0.0683. The number of aromatic nitrogens is 2. The second-order valence-corrected chi connectivity index (χ2v) is 8.22. The molecule has 2 heterocycles. The molecule has 1 aliphatic heterocycles. The lowest BCUT2D eigenvalue weighted by molar-refractivity contribution is -0.141. The zero-order valence-electron chi connectivity index (χ0n) is 15.0. The van der Waals surface area contributed by atoms with Gasteiger partial charge in [0.25, 0.3) is 0 Å². The van der Waals surface area contributed by atoms with Crippen LogP contribution in [0.3, 0.4) is 0 Å². The molecule has 1 fully saturated rings. The maximum absolute atomic E-state index is 12.7. The molecule has 0 bridgehead atoms. The number of rotatable bonds is 5. The summed E-state index contributed by atoms with van der Waals surface area (Å²) in [4.78, 5) is 7.21. The Hall–Kier alpha value is -2.40. The molecular weight excluding hydrogens is 397 g/mol. The van der Waals surface area contributed by atoms with Gasteiger partial charge in [-0.25, -0.2) is 18.4 Å². The van der Waals surface area contributed by atoms with Crippen molar-refractivity contribution in [3.8, 4) is 5.75 Å². The van der Waals surface area contributed by atoms with Crippen LogP contribution in [0.4, 0.5) is 19.0 Å². The third kappa shape index (κ3) is 4.53. The van der Waals surface area contributed by atoms with Gasteiger partial charge in [-0.2, -0.15) is 17.5 Å². The van der Waals surface area contributed by atoms with E-state index in [1.807, 2.05) is 0 Å². The Labute approximate surface area is 160 Å². The first-order valence-corrected chi connectivity index (χ1v) is 9.94. The number of alkyl halides is 3. The van der Waals surface area contributed by atoms with Gasteiger partial charge in [0.2, 0.25) is 10.0 Å². The number of benzene rings is 1. The lowest BCUT2D eigenvalue weighted by Crippen LogP contribution is -2.42. The minimum atomic E-state index is -4.55. The van der Waals surface area contributed by atoms with Crippen molar-refractivity contribution in [2.24, 2.45) is 0 Å². The summed E-state index contributed by atoms with van der Waals surface area (Å²) in [6, 6.07) is 6.79. The van der Waals surface area contributed by atoms with Crippen LogP contribution in [0.1, 0.15) is 18.5 Å². The maximum atomic E-state index is 12.7. The number of methoxy groups -OCH3 is 1. The molecule has 0 radical (unpaired) electrons. The van der Waals surface area contributed by atoms with E-state index in [0.717, 1.165) is 12.4 Å². The Bertz CT molecular complexity index is 912. The van der Waals surface area contributed by atoms with E-state index in [1.165, 1.54) is 23.5 Å². The van der Waals surface area contributed by atoms with Gasteiger partial charge >= 0.3 is 6.18 Å².